The number of ether oxygens (including phenoxy) is 1. The lowest BCUT2D eigenvalue weighted by Crippen LogP contribution is -2.43. The topological polar surface area (TPSA) is 75.6 Å². The van der Waals surface area contributed by atoms with E-state index in [4.69, 9.17) is 4.74 Å². The lowest BCUT2D eigenvalue weighted by Gasteiger charge is -2.27. The van der Waals surface area contributed by atoms with Crippen molar-refractivity contribution in [3.8, 4) is 0 Å². The molecule has 2 saturated heterocycles. The second-order valence-corrected chi connectivity index (χ2v) is 4.72. The highest BCUT2D eigenvalue weighted by Gasteiger charge is 2.68. The zero-order valence-electron chi connectivity index (χ0n) is 9.13. The summed E-state index contributed by atoms with van der Waals surface area (Å²) < 4.78 is 5.77. The molecule has 0 aliphatic carbocycles. The van der Waals surface area contributed by atoms with Gasteiger partial charge < -0.3 is 15.2 Å². The van der Waals surface area contributed by atoms with Gasteiger partial charge in [0.2, 0.25) is 5.91 Å². The third kappa shape index (κ3) is 1.12. The van der Waals surface area contributed by atoms with Crippen molar-refractivity contribution < 1.29 is 19.4 Å². The monoisotopic (exact) mass is 235 g/mol. The van der Waals surface area contributed by atoms with Gasteiger partial charge in [-0.05, 0) is 6.42 Å². The van der Waals surface area contributed by atoms with Crippen molar-refractivity contribution in [3.05, 3.63) is 24.8 Å². The van der Waals surface area contributed by atoms with E-state index in [1.807, 2.05) is 6.08 Å². The molecule has 0 aromatic carbocycles. The summed E-state index contributed by atoms with van der Waals surface area (Å²) in [5, 5.41) is 12.0. The van der Waals surface area contributed by atoms with E-state index in [2.05, 4.69) is 11.9 Å². The third-order valence-corrected chi connectivity index (χ3v) is 3.92. The lowest BCUT2D eigenvalue weighted by molar-refractivity contribution is -0.146. The number of aliphatic carboxylic acids is 1. The average molecular weight is 235 g/mol. The molecule has 17 heavy (non-hydrogen) atoms. The normalized spacial score (nSPS) is 45.8. The molecular weight excluding hydrogens is 222 g/mol. The minimum absolute atomic E-state index is 0.205. The Morgan fingerprint density at radius 3 is 3.12 bits per heavy atom. The second-order valence-electron chi connectivity index (χ2n) is 4.72. The minimum atomic E-state index is -0.972. The van der Waals surface area contributed by atoms with Crippen LogP contribution in [0.5, 0.6) is 0 Å². The molecule has 0 radical (unpaired) electrons. The van der Waals surface area contributed by atoms with E-state index in [-0.39, 0.29) is 11.9 Å². The number of carboxylic acids is 1. The Bertz CT molecular complexity index is 444. The summed E-state index contributed by atoms with van der Waals surface area (Å²) in [4.78, 5) is 23.1. The Labute approximate surface area is 98.1 Å². The first-order valence-electron chi connectivity index (χ1n) is 5.61. The fourth-order valence-corrected chi connectivity index (χ4v) is 3.25. The molecule has 3 aliphatic heterocycles. The van der Waals surface area contributed by atoms with Gasteiger partial charge in [-0.25, -0.2) is 0 Å². The Hall–Kier alpha value is -1.62. The highest BCUT2D eigenvalue weighted by atomic mass is 16.5. The molecule has 3 aliphatic rings. The Morgan fingerprint density at radius 2 is 2.47 bits per heavy atom. The first-order chi connectivity index (χ1) is 8.10. The molecule has 1 amide bonds. The van der Waals surface area contributed by atoms with Gasteiger partial charge in [-0.2, -0.15) is 0 Å². The van der Waals surface area contributed by atoms with Crippen LogP contribution >= 0.6 is 0 Å². The van der Waals surface area contributed by atoms with Crippen LogP contribution in [0.4, 0.5) is 0 Å². The van der Waals surface area contributed by atoms with Crippen molar-refractivity contribution in [2.75, 3.05) is 0 Å². The van der Waals surface area contributed by atoms with Gasteiger partial charge in [-0.3, -0.25) is 9.59 Å². The van der Waals surface area contributed by atoms with Crippen molar-refractivity contribution in [1.29, 1.82) is 0 Å². The Kier molecular flexibility index (Phi) is 1.98. The summed E-state index contributed by atoms with van der Waals surface area (Å²) in [6.45, 7) is 3.65. The van der Waals surface area contributed by atoms with Crippen LogP contribution < -0.4 is 5.32 Å². The van der Waals surface area contributed by atoms with E-state index in [9.17, 15) is 14.7 Å². The number of carbonyl (C=O) groups is 2. The summed E-state index contributed by atoms with van der Waals surface area (Å²) in [6, 6.07) is -0.205. The number of carboxylic acid groups (broad SMARTS) is 1. The van der Waals surface area contributed by atoms with Crippen molar-refractivity contribution >= 4 is 11.9 Å². The van der Waals surface area contributed by atoms with Crippen LogP contribution in [0.15, 0.2) is 24.8 Å². The number of rotatable bonds is 3. The molecular formula is C12H13NO4. The van der Waals surface area contributed by atoms with Gasteiger partial charge in [0.15, 0.2) is 0 Å². The van der Waals surface area contributed by atoms with E-state index in [1.54, 1.807) is 12.2 Å². The summed E-state index contributed by atoms with van der Waals surface area (Å²) in [6.07, 6.45) is 5.40. The molecule has 5 atom stereocenters. The molecule has 2 N–H and O–H groups in total. The Morgan fingerprint density at radius 1 is 1.71 bits per heavy atom. The molecule has 5 heteroatoms. The fraction of sp³-hybridized carbons (Fsp3) is 0.500. The lowest BCUT2D eigenvalue weighted by atomic mass is 9.74. The Balaban J connectivity index is 2.03. The average Bonchev–Trinajstić information content (AvgIpc) is 2.90. The zero-order valence-corrected chi connectivity index (χ0v) is 9.13. The number of fused-ring (bicyclic) bond motifs is 1. The fourth-order valence-electron chi connectivity index (χ4n) is 3.25. The van der Waals surface area contributed by atoms with Gasteiger partial charge in [0, 0.05) is 0 Å². The van der Waals surface area contributed by atoms with Gasteiger partial charge in [-0.1, -0.05) is 18.2 Å². The van der Waals surface area contributed by atoms with Gasteiger partial charge in [0.05, 0.1) is 18.1 Å². The number of hydrogen-bond donors (Lipinski definition) is 2. The number of nitrogens with one attached hydrogen (secondary N) is 1. The summed E-state index contributed by atoms with van der Waals surface area (Å²) in [5.74, 6) is -2.58. The predicted octanol–water partition coefficient (Wildman–Crippen LogP) is 0.0853. The molecule has 3 heterocycles. The standard InChI is InChI=1S/C12H13NO4/c1-2-3-7-12-5-4-6(17-12)8(11(15)16)9(12)10(14)13-7/h2,4-9H,1,3H2,(H,13,14)(H,15,16). The number of carbonyl (C=O) groups excluding carboxylic acids is 1. The van der Waals surface area contributed by atoms with Crippen molar-refractivity contribution in [2.45, 2.75) is 24.2 Å². The van der Waals surface area contributed by atoms with Crippen LogP contribution in [-0.4, -0.2) is 34.7 Å². The van der Waals surface area contributed by atoms with Crippen LogP contribution in [0, 0.1) is 11.8 Å². The number of hydrogen-bond acceptors (Lipinski definition) is 3. The minimum Gasteiger partial charge on any atom is -0.481 e. The first-order valence-corrected chi connectivity index (χ1v) is 5.61. The molecule has 2 fully saturated rings. The van der Waals surface area contributed by atoms with E-state index in [1.165, 1.54) is 0 Å². The highest BCUT2D eigenvalue weighted by Crippen LogP contribution is 2.52. The van der Waals surface area contributed by atoms with Crippen LogP contribution in [0.2, 0.25) is 0 Å². The highest BCUT2D eigenvalue weighted by molar-refractivity contribution is 5.91. The van der Waals surface area contributed by atoms with Crippen molar-refractivity contribution in [3.63, 3.8) is 0 Å². The van der Waals surface area contributed by atoms with Gasteiger partial charge in [-0.15, -0.1) is 6.58 Å². The summed E-state index contributed by atoms with van der Waals surface area (Å²) in [5.41, 5.74) is -0.779. The van der Waals surface area contributed by atoms with Crippen LogP contribution in [0.25, 0.3) is 0 Å². The van der Waals surface area contributed by atoms with E-state index >= 15 is 0 Å². The van der Waals surface area contributed by atoms with Gasteiger partial charge in [0.25, 0.3) is 0 Å². The quantitative estimate of drug-likeness (QED) is 0.679. The van der Waals surface area contributed by atoms with Crippen LogP contribution in [-0.2, 0) is 14.3 Å². The first kappa shape index (κ1) is 10.5. The molecule has 0 saturated carbocycles. The maximum absolute atomic E-state index is 11.9. The molecule has 0 aromatic heterocycles. The maximum Gasteiger partial charge on any atom is 0.310 e. The van der Waals surface area contributed by atoms with Gasteiger partial charge >= 0.3 is 5.97 Å². The van der Waals surface area contributed by atoms with E-state index in [0.29, 0.717) is 6.42 Å². The molecule has 5 nitrogen and oxygen atoms in total. The van der Waals surface area contributed by atoms with Crippen LogP contribution in [0.1, 0.15) is 6.42 Å². The maximum atomic E-state index is 11.9. The molecule has 2 bridgehead atoms. The van der Waals surface area contributed by atoms with E-state index in [0.717, 1.165) is 0 Å². The molecule has 3 rings (SSSR count). The molecule has 0 aromatic rings. The summed E-state index contributed by atoms with van der Waals surface area (Å²) >= 11 is 0. The largest absolute Gasteiger partial charge is 0.481 e. The number of amides is 1. The molecule has 90 valence electrons. The SMILES string of the molecule is C=CCC1NC(=O)C2C(C(=O)O)C3C=CC12O3. The molecule has 1 spiro atoms. The van der Waals surface area contributed by atoms with Crippen molar-refractivity contribution in [1.82, 2.24) is 5.32 Å². The second kappa shape index (κ2) is 3.20. The predicted molar refractivity (Wildman–Crippen MR) is 58.1 cm³/mol. The molecule has 5 unspecified atom stereocenters. The van der Waals surface area contributed by atoms with Gasteiger partial charge in [0.1, 0.15) is 11.5 Å². The van der Waals surface area contributed by atoms with Crippen LogP contribution in [0.3, 0.4) is 0 Å². The van der Waals surface area contributed by atoms with Crippen molar-refractivity contribution in [2.24, 2.45) is 11.8 Å². The zero-order chi connectivity index (χ0) is 12.2. The third-order valence-electron chi connectivity index (χ3n) is 3.92. The summed E-state index contributed by atoms with van der Waals surface area (Å²) in [7, 11) is 0. The smallest absolute Gasteiger partial charge is 0.310 e. The van der Waals surface area contributed by atoms with E-state index < -0.39 is 29.5 Å².